The number of aryl methyl sites for hydroxylation is 2. The molecule has 0 N–H and O–H groups in total. The summed E-state index contributed by atoms with van der Waals surface area (Å²) in [5.41, 5.74) is 5.45. The van der Waals surface area contributed by atoms with Crippen molar-refractivity contribution in [2.75, 3.05) is 7.05 Å². The van der Waals surface area contributed by atoms with Gasteiger partial charge in [-0.2, -0.15) is 0 Å². The quantitative estimate of drug-likeness (QED) is 0.744. The van der Waals surface area contributed by atoms with Crippen LogP contribution in [0.5, 0.6) is 0 Å². The van der Waals surface area contributed by atoms with E-state index in [2.05, 4.69) is 42.0 Å². The van der Waals surface area contributed by atoms with Crippen LogP contribution < -0.4 is 0 Å². The van der Waals surface area contributed by atoms with Gasteiger partial charge in [0.1, 0.15) is 5.69 Å². The Labute approximate surface area is 135 Å². The number of carbonyl (C=O) groups excluding carboxylic acids is 1. The van der Waals surface area contributed by atoms with Gasteiger partial charge in [0.15, 0.2) is 0 Å². The van der Waals surface area contributed by atoms with Gasteiger partial charge in [0.25, 0.3) is 5.91 Å². The van der Waals surface area contributed by atoms with E-state index < -0.39 is 0 Å². The molecule has 0 atom stereocenters. The molecular weight excluding hydrogens is 286 g/mol. The summed E-state index contributed by atoms with van der Waals surface area (Å²) in [6.45, 7) is 4.69. The van der Waals surface area contributed by atoms with Crippen LogP contribution >= 0.6 is 0 Å². The van der Waals surface area contributed by atoms with Crippen molar-refractivity contribution in [2.45, 2.75) is 20.4 Å². The number of para-hydroxylation sites is 2. The third-order valence-corrected chi connectivity index (χ3v) is 3.92. The second-order valence-corrected chi connectivity index (χ2v) is 5.84. The van der Waals surface area contributed by atoms with E-state index in [9.17, 15) is 4.79 Å². The van der Waals surface area contributed by atoms with Gasteiger partial charge in [-0.1, -0.05) is 35.9 Å². The monoisotopic (exact) mass is 305 g/mol. The molecule has 3 aromatic rings. The molecule has 23 heavy (non-hydrogen) atoms. The Morgan fingerprint density at radius 2 is 1.83 bits per heavy atom. The van der Waals surface area contributed by atoms with E-state index in [1.165, 1.54) is 11.1 Å². The molecular formula is C19H19N3O. The van der Waals surface area contributed by atoms with Crippen LogP contribution in [-0.2, 0) is 6.54 Å². The highest BCUT2D eigenvalue weighted by atomic mass is 16.2. The van der Waals surface area contributed by atoms with E-state index in [1.807, 2.05) is 24.3 Å². The summed E-state index contributed by atoms with van der Waals surface area (Å²) in [4.78, 5) is 23.0. The van der Waals surface area contributed by atoms with Crippen molar-refractivity contribution in [3.8, 4) is 0 Å². The van der Waals surface area contributed by atoms with Crippen molar-refractivity contribution >= 4 is 16.9 Å². The molecule has 0 unspecified atom stereocenters. The predicted molar refractivity (Wildman–Crippen MR) is 91.3 cm³/mol. The summed E-state index contributed by atoms with van der Waals surface area (Å²) >= 11 is 0. The summed E-state index contributed by atoms with van der Waals surface area (Å²) in [5, 5.41) is 0. The second kappa shape index (κ2) is 6.16. The summed E-state index contributed by atoms with van der Waals surface area (Å²) < 4.78 is 0. The van der Waals surface area contributed by atoms with Crippen molar-refractivity contribution in [3.63, 3.8) is 0 Å². The standard InChI is InChI=1S/C19H19N3O/c1-13-8-9-15(14(2)10-13)12-22(3)19(23)18-11-20-16-6-4-5-7-17(16)21-18/h4-11H,12H2,1-3H3. The molecule has 1 aromatic heterocycles. The number of benzene rings is 2. The van der Waals surface area contributed by atoms with Crippen molar-refractivity contribution in [1.29, 1.82) is 0 Å². The average molecular weight is 305 g/mol. The molecule has 1 heterocycles. The number of nitrogens with zero attached hydrogens (tertiary/aromatic N) is 3. The zero-order valence-corrected chi connectivity index (χ0v) is 13.6. The number of amides is 1. The molecule has 1 amide bonds. The number of aromatic nitrogens is 2. The molecule has 0 fully saturated rings. The molecule has 0 aliphatic carbocycles. The van der Waals surface area contributed by atoms with Crippen LogP contribution in [-0.4, -0.2) is 27.8 Å². The number of hydrogen-bond acceptors (Lipinski definition) is 3. The molecule has 0 aliphatic rings. The highest BCUT2D eigenvalue weighted by Gasteiger charge is 2.15. The minimum absolute atomic E-state index is 0.122. The van der Waals surface area contributed by atoms with Gasteiger partial charge in [0, 0.05) is 13.6 Å². The maximum Gasteiger partial charge on any atom is 0.274 e. The van der Waals surface area contributed by atoms with Crippen molar-refractivity contribution < 1.29 is 4.79 Å². The third-order valence-electron chi connectivity index (χ3n) is 3.92. The number of fused-ring (bicyclic) bond motifs is 1. The van der Waals surface area contributed by atoms with Crippen LogP contribution in [0.3, 0.4) is 0 Å². The second-order valence-electron chi connectivity index (χ2n) is 5.84. The maximum absolute atomic E-state index is 12.6. The van der Waals surface area contributed by atoms with Crippen LogP contribution in [0.4, 0.5) is 0 Å². The first-order valence-corrected chi connectivity index (χ1v) is 7.58. The van der Waals surface area contributed by atoms with Gasteiger partial charge >= 0.3 is 0 Å². The largest absolute Gasteiger partial charge is 0.336 e. The van der Waals surface area contributed by atoms with Crippen molar-refractivity contribution in [3.05, 3.63) is 71.0 Å². The number of carbonyl (C=O) groups is 1. The molecule has 3 rings (SSSR count). The van der Waals surface area contributed by atoms with Gasteiger partial charge in [0.2, 0.25) is 0 Å². The average Bonchev–Trinajstić information content (AvgIpc) is 2.56. The molecule has 0 bridgehead atoms. The lowest BCUT2D eigenvalue weighted by molar-refractivity contribution is 0.0779. The van der Waals surface area contributed by atoms with E-state index in [0.29, 0.717) is 12.2 Å². The molecule has 0 aliphatic heterocycles. The topological polar surface area (TPSA) is 46.1 Å². The molecule has 0 saturated heterocycles. The lowest BCUT2D eigenvalue weighted by Gasteiger charge is -2.18. The molecule has 0 radical (unpaired) electrons. The van der Waals surface area contributed by atoms with E-state index in [4.69, 9.17) is 0 Å². The Morgan fingerprint density at radius 3 is 2.57 bits per heavy atom. The van der Waals surface area contributed by atoms with Crippen LogP contribution in [0.25, 0.3) is 11.0 Å². The van der Waals surface area contributed by atoms with Crippen LogP contribution in [0.2, 0.25) is 0 Å². The Balaban J connectivity index is 1.83. The Hall–Kier alpha value is -2.75. The summed E-state index contributed by atoms with van der Waals surface area (Å²) in [6.07, 6.45) is 1.54. The van der Waals surface area contributed by atoms with Crippen LogP contribution in [0, 0.1) is 13.8 Å². The molecule has 116 valence electrons. The Bertz CT molecular complexity index is 873. The highest BCUT2D eigenvalue weighted by Crippen LogP contribution is 2.14. The van der Waals surface area contributed by atoms with E-state index in [-0.39, 0.29) is 5.91 Å². The first kappa shape index (κ1) is 15.2. The Kier molecular flexibility index (Phi) is 4.06. The summed E-state index contributed by atoms with van der Waals surface area (Å²) in [7, 11) is 1.79. The molecule has 2 aromatic carbocycles. The summed E-state index contributed by atoms with van der Waals surface area (Å²) in [6, 6.07) is 13.8. The highest BCUT2D eigenvalue weighted by molar-refractivity contribution is 5.93. The minimum atomic E-state index is -0.122. The third kappa shape index (κ3) is 3.21. The Morgan fingerprint density at radius 1 is 1.09 bits per heavy atom. The predicted octanol–water partition coefficient (Wildman–Crippen LogP) is 3.52. The van der Waals surface area contributed by atoms with E-state index >= 15 is 0 Å². The molecule has 4 nitrogen and oxygen atoms in total. The SMILES string of the molecule is Cc1ccc(CN(C)C(=O)c2cnc3ccccc3n2)c(C)c1. The van der Waals surface area contributed by atoms with E-state index in [0.717, 1.165) is 16.6 Å². The minimum Gasteiger partial charge on any atom is -0.336 e. The smallest absolute Gasteiger partial charge is 0.274 e. The first-order chi connectivity index (χ1) is 11.0. The van der Waals surface area contributed by atoms with Crippen LogP contribution in [0.1, 0.15) is 27.2 Å². The van der Waals surface area contributed by atoms with Crippen molar-refractivity contribution in [1.82, 2.24) is 14.9 Å². The van der Waals surface area contributed by atoms with Gasteiger partial charge in [-0.3, -0.25) is 9.78 Å². The summed E-state index contributed by atoms with van der Waals surface area (Å²) in [5.74, 6) is -0.122. The van der Waals surface area contributed by atoms with Gasteiger partial charge in [-0.15, -0.1) is 0 Å². The zero-order valence-electron chi connectivity index (χ0n) is 13.6. The van der Waals surface area contributed by atoms with Gasteiger partial charge in [-0.05, 0) is 37.1 Å². The molecule has 0 spiro atoms. The fourth-order valence-electron chi connectivity index (χ4n) is 2.61. The normalized spacial score (nSPS) is 10.7. The lowest BCUT2D eigenvalue weighted by atomic mass is 10.1. The van der Waals surface area contributed by atoms with Crippen LogP contribution in [0.15, 0.2) is 48.7 Å². The number of rotatable bonds is 3. The van der Waals surface area contributed by atoms with Gasteiger partial charge < -0.3 is 4.90 Å². The molecule has 0 saturated carbocycles. The van der Waals surface area contributed by atoms with Gasteiger partial charge in [0.05, 0.1) is 17.2 Å². The lowest BCUT2D eigenvalue weighted by Crippen LogP contribution is -2.27. The van der Waals surface area contributed by atoms with Crippen molar-refractivity contribution in [2.24, 2.45) is 0 Å². The van der Waals surface area contributed by atoms with E-state index in [1.54, 1.807) is 18.1 Å². The zero-order chi connectivity index (χ0) is 16.4. The number of hydrogen-bond donors (Lipinski definition) is 0. The van der Waals surface area contributed by atoms with Gasteiger partial charge in [-0.25, -0.2) is 4.98 Å². The molecule has 4 heteroatoms. The maximum atomic E-state index is 12.6. The first-order valence-electron chi connectivity index (χ1n) is 7.58. The fourth-order valence-corrected chi connectivity index (χ4v) is 2.61. The fraction of sp³-hybridized carbons (Fsp3) is 0.211.